The molecule has 4 nitrogen and oxygen atoms in total. The number of hydrogen-bond donors (Lipinski definition) is 1. The molecule has 0 aliphatic heterocycles. The second-order valence-corrected chi connectivity index (χ2v) is 6.07. The Balaban J connectivity index is 2.81. The van der Waals surface area contributed by atoms with Gasteiger partial charge in [-0.05, 0) is 17.9 Å². The van der Waals surface area contributed by atoms with E-state index in [9.17, 15) is 13.2 Å². The molecule has 0 saturated carbocycles. The van der Waals surface area contributed by atoms with Crippen LogP contribution >= 0.6 is 0 Å². The van der Waals surface area contributed by atoms with Gasteiger partial charge in [0.15, 0.2) is 9.84 Å². The minimum atomic E-state index is -3.54. The monoisotopic (exact) mass is 256 g/mol. The van der Waals surface area contributed by atoms with Crippen LogP contribution in [0, 0.1) is 0 Å². The van der Waals surface area contributed by atoms with Gasteiger partial charge in [-0.25, -0.2) is 8.42 Å². The first kappa shape index (κ1) is 13.7. The smallest absolute Gasteiger partial charge is 0.318 e. The number of carboxylic acids is 1. The van der Waals surface area contributed by atoms with Crippen molar-refractivity contribution in [1.29, 1.82) is 0 Å². The van der Waals surface area contributed by atoms with Crippen LogP contribution in [0.25, 0.3) is 0 Å². The molecule has 0 bridgehead atoms. The van der Waals surface area contributed by atoms with Crippen LogP contribution in [0.15, 0.2) is 30.3 Å². The van der Waals surface area contributed by atoms with Crippen LogP contribution in [0.5, 0.6) is 0 Å². The molecule has 0 saturated heterocycles. The van der Waals surface area contributed by atoms with E-state index in [1.165, 1.54) is 0 Å². The molecule has 5 heteroatoms. The normalized spacial score (nSPS) is 13.2. The Morgan fingerprint density at radius 3 is 2.35 bits per heavy atom. The van der Waals surface area contributed by atoms with E-state index in [1.54, 1.807) is 0 Å². The minimum Gasteiger partial charge on any atom is -0.480 e. The van der Waals surface area contributed by atoms with Crippen LogP contribution in [0.1, 0.15) is 24.8 Å². The van der Waals surface area contributed by atoms with Crippen LogP contribution in [-0.4, -0.2) is 31.0 Å². The van der Waals surface area contributed by atoms with Crippen molar-refractivity contribution in [2.24, 2.45) is 0 Å². The number of hydrogen-bond acceptors (Lipinski definition) is 3. The lowest BCUT2D eigenvalue weighted by Crippen LogP contribution is -2.22. The number of carboxylic acid groups (broad SMARTS) is 1. The van der Waals surface area contributed by atoms with Crippen LogP contribution in [0.4, 0.5) is 0 Å². The summed E-state index contributed by atoms with van der Waals surface area (Å²) in [5.41, 5.74) is 0.934. The van der Waals surface area contributed by atoms with Crippen LogP contribution in [0.3, 0.4) is 0 Å². The van der Waals surface area contributed by atoms with E-state index in [2.05, 4.69) is 0 Å². The fraction of sp³-hybridized carbons (Fsp3) is 0.417. The third-order valence-electron chi connectivity index (χ3n) is 2.56. The maximum atomic E-state index is 11.6. The van der Waals surface area contributed by atoms with Crippen molar-refractivity contribution in [2.75, 3.05) is 11.5 Å². The Morgan fingerprint density at radius 2 is 1.88 bits per heavy atom. The summed E-state index contributed by atoms with van der Waals surface area (Å²) in [5.74, 6) is -2.34. The number of rotatable bonds is 6. The van der Waals surface area contributed by atoms with Crippen molar-refractivity contribution >= 4 is 15.8 Å². The number of benzene rings is 1. The summed E-state index contributed by atoms with van der Waals surface area (Å²) in [5, 5.41) is 8.53. The first-order valence-electron chi connectivity index (χ1n) is 5.41. The average molecular weight is 256 g/mol. The lowest BCUT2D eigenvalue weighted by Gasteiger charge is -2.14. The second kappa shape index (κ2) is 5.82. The first-order chi connectivity index (χ1) is 7.94. The quantitative estimate of drug-likeness (QED) is 0.840. The van der Waals surface area contributed by atoms with E-state index in [0.29, 0.717) is 6.42 Å². The molecule has 0 aliphatic rings. The van der Waals surface area contributed by atoms with Gasteiger partial charge in [0, 0.05) is 0 Å². The van der Waals surface area contributed by atoms with E-state index in [1.807, 2.05) is 37.3 Å². The molecule has 1 rings (SSSR count). The van der Waals surface area contributed by atoms with Gasteiger partial charge in [-0.2, -0.15) is 0 Å². The highest BCUT2D eigenvalue weighted by Gasteiger charge is 2.22. The largest absolute Gasteiger partial charge is 0.480 e. The van der Waals surface area contributed by atoms with E-state index >= 15 is 0 Å². The zero-order chi connectivity index (χ0) is 12.9. The maximum absolute atomic E-state index is 11.6. The molecule has 0 radical (unpaired) electrons. The van der Waals surface area contributed by atoms with Gasteiger partial charge in [-0.15, -0.1) is 0 Å². The first-order valence-corrected chi connectivity index (χ1v) is 7.24. The SMILES string of the molecule is CCC(CS(=O)(=O)CC(=O)O)c1ccccc1. The van der Waals surface area contributed by atoms with Crippen LogP contribution in [0.2, 0.25) is 0 Å². The summed E-state index contributed by atoms with van der Waals surface area (Å²) in [7, 11) is -3.54. The Labute approximate surface area is 101 Å². The fourth-order valence-corrected chi connectivity index (χ4v) is 3.26. The lowest BCUT2D eigenvalue weighted by atomic mass is 9.99. The third kappa shape index (κ3) is 4.56. The summed E-state index contributed by atoms with van der Waals surface area (Å²) in [4.78, 5) is 10.4. The molecule has 1 aromatic rings. The second-order valence-electron chi connectivity index (χ2n) is 3.96. The van der Waals surface area contributed by atoms with Crippen LogP contribution < -0.4 is 0 Å². The molecule has 0 heterocycles. The van der Waals surface area contributed by atoms with Gasteiger partial charge in [-0.1, -0.05) is 37.3 Å². The van der Waals surface area contributed by atoms with Gasteiger partial charge < -0.3 is 5.11 Å². The van der Waals surface area contributed by atoms with Gasteiger partial charge in [0.25, 0.3) is 0 Å². The zero-order valence-corrected chi connectivity index (χ0v) is 10.5. The maximum Gasteiger partial charge on any atom is 0.318 e. The topological polar surface area (TPSA) is 71.4 Å². The molecule has 0 amide bonds. The van der Waals surface area contributed by atoms with E-state index < -0.39 is 21.6 Å². The van der Waals surface area contributed by atoms with Gasteiger partial charge in [-0.3, -0.25) is 4.79 Å². The highest BCUT2D eigenvalue weighted by Crippen LogP contribution is 2.21. The highest BCUT2D eigenvalue weighted by atomic mass is 32.2. The molecule has 94 valence electrons. The highest BCUT2D eigenvalue weighted by molar-refractivity contribution is 7.92. The zero-order valence-electron chi connectivity index (χ0n) is 9.67. The lowest BCUT2D eigenvalue weighted by molar-refractivity contribution is -0.134. The van der Waals surface area contributed by atoms with E-state index in [-0.39, 0.29) is 11.7 Å². The Hall–Kier alpha value is -1.36. The summed E-state index contributed by atoms with van der Waals surface area (Å²) in [6, 6.07) is 9.29. The van der Waals surface area contributed by atoms with Gasteiger partial charge >= 0.3 is 5.97 Å². The number of carbonyl (C=O) groups is 1. The number of aliphatic carboxylic acids is 1. The van der Waals surface area contributed by atoms with Gasteiger partial charge in [0.05, 0.1) is 5.75 Å². The minimum absolute atomic E-state index is 0.111. The fourth-order valence-electron chi connectivity index (χ4n) is 1.73. The van der Waals surface area contributed by atoms with E-state index in [0.717, 1.165) is 5.56 Å². The molecule has 1 N–H and O–H groups in total. The molecule has 17 heavy (non-hydrogen) atoms. The number of sulfone groups is 1. The van der Waals surface area contributed by atoms with Crippen molar-refractivity contribution in [3.05, 3.63) is 35.9 Å². The Morgan fingerprint density at radius 1 is 1.29 bits per heavy atom. The predicted octanol–water partition coefficient (Wildman–Crippen LogP) is 1.68. The van der Waals surface area contributed by atoms with Gasteiger partial charge in [0.1, 0.15) is 5.75 Å². The van der Waals surface area contributed by atoms with Crippen molar-refractivity contribution < 1.29 is 18.3 Å². The summed E-state index contributed by atoms with van der Waals surface area (Å²) >= 11 is 0. The summed E-state index contributed by atoms with van der Waals surface area (Å²) in [6.45, 7) is 1.90. The molecule has 1 unspecified atom stereocenters. The van der Waals surface area contributed by atoms with Crippen molar-refractivity contribution in [2.45, 2.75) is 19.3 Å². The molecular weight excluding hydrogens is 240 g/mol. The Bertz CT molecular complexity index is 465. The molecule has 0 aromatic heterocycles. The van der Waals surface area contributed by atoms with Crippen molar-refractivity contribution in [3.63, 3.8) is 0 Å². The van der Waals surface area contributed by atoms with Crippen molar-refractivity contribution in [3.8, 4) is 0 Å². The third-order valence-corrected chi connectivity index (χ3v) is 4.16. The predicted molar refractivity (Wildman–Crippen MR) is 65.8 cm³/mol. The molecule has 0 spiro atoms. The summed E-state index contributed by atoms with van der Waals surface area (Å²) < 4.78 is 23.2. The summed E-state index contributed by atoms with van der Waals surface area (Å²) in [6.07, 6.45) is 0.670. The molecule has 1 aromatic carbocycles. The van der Waals surface area contributed by atoms with E-state index in [4.69, 9.17) is 5.11 Å². The Kier molecular flexibility index (Phi) is 4.69. The standard InChI is InChI=1S/C12H16O4S/c1-2-10(11-6-4-3-5-7-11)8-17(15,16)9-12(13)14/h3-7,10H,2,8-9H2,1H3,(H,13,14). The average Bonchev–Trinajstić information content (AvgIpc) is 2.25. The molecule has 0 fully saturated rings. The molecule has 0 aliphatic carbocycles. The molecular formula is C12H16O4S. The van der Waals surface area contributed by atoms with Gasteiger partial charge in [0.2, 0.25) is 0 Å². The van der Waals surface area contributed by atoms with Crippen LogP contribution in [-0.2, 0) is 14.6 Å². The molecule has 1 atom stereocenters. The van der Waals surface area contributed by atoms with Crippen molar-refractivity contribution in [1.82, 2.24) is 0 Å².